The molecule has 2 heterocycles. The summed E-state index contributed by atoms with van der Waals surface area (Å²) in [5.41, 5.74) is 6.83. The Kier molecular flexibility index (Phi) is 9.53. The van der Waals surface area contributed by atoms with Crippen LogP contribution in [0.2, 0.25) is 0 Å². The summed E-state index contributed by atoms with van der Waals surface area (Å²) in [4.78, 5) is 5.22. The number of ether oxygens (including phenoxy) is 4. The van der Waals surface area contributed by atoms with E-state index in [9.17, 15) is 20.4 Å². The van der Waals surface area contributed by atoms with Gasteiger partial charge < -0.3 is 49.9 Å². The summed E-state index contributed by atoms with van der Waals surface area (Å²) in [5.74, 6) is -0.685. The molecule has 170 valence electrons. The van der Waals surface area contributed by atoms with Crippen LogP contribution >= 0.6 is 0 Å². The van der Waals surface area contributed by atoms with Crippen LogP contribution in [0.1, 0.15) is 20.3 Å². The van der Waals surface area contributed by atoms with E-state index in [2.05, 4.69) is 11.2 Å². The van der Waals surface area contributed by atoms with E-state index in [0.717, 1.165) is 0 Å². The van der Waals surface area contributed by atoms with Gasteiger partial charge in [-0.3, -0.25) is 0 Å². The van der Waals surface area contributed by atoms with Crippen LogP contribution in [0.4, 0.5) is 0 Å². The Bertz CT molecular complexity index is 535. The summed E-state index contributed by atoms with van der Waals surface area (Å²) in [7, 11) is 1.40. The number of nitrogens with one attached hydrogen (secondary N) is 1. The molecule has 0 aromatic carbocycles. The second-order valence-corrected chi connectivity index (χ2v) is 7.28. The van der Waals surface area contributed by atoms with Gasteiger partial charge in [-0.1, -0.05) is 6.92 Å². The minimum absolute atomic E-state index is 0.105. The maximum absolute atomic E-state index is 10.6. The molecule has 0 amide bonds. The normalized spacial score (nSPS) is 38.1. The number of aliphatic hydroxyl groups is 4. The van der Waals surface area contributed by atoms with Crippen molar-refractivity contribution in [3.05, 3.63) is 11.6 Å². The zero-order valence-electron chi connectivity index (χ0n) is 17.2. The monoisotopic (exact) mass is 423 g/mol. The second-order valence-electron chi connectivity index (χ2n) is 7.28. The zero-order chi connectivity index (χ0) is 21.6. The van der Waals surface area contributed by atoms with Gasteiger partial charge in [-0.15, -0.1) is 0 Å². The lowest BCUT2D eigenvalue weighted by molar-refractivity contribution is -0.345. The summed E-state index contributed by atoms with van der Waals surface area (Å²) >= 11 is 0. The van der Waals surface area contributed by atoms with Gasteiger partial charge >= 0.3 is 5.95 Å². The van der Waals surface area contributed by atoms with Crippen LogP contribution in [-0.4, -0.2) is 90.7 Å². The molecule has 8 N–H and O–H groups in total. The topological polar surface area (TPSA) is 167 Å². The second kappa shape index (κ2) is 11.4. The van der Waals surface area contributed by atoms with E-state index in [0.29, 0.717) is 18.7 Å². The van der Waals surface area contributed by atoms with Crippen LogP contribution in [0, 0.1) is 11.8 Å². The van der Waals surface area contributed by atoms with Crippen LogP contribution in [0.3, 0.4) is 0 Å². The summed E-state index contributed by atoms with van der Waals surface area (Å²) in [6, 6.07) is -0.655. The van der Waals surface area contributed by atoms with Crippen molar-refractivity contribution >= 4 is 0 Å². The molecule has 3 unspecified atom stereocenters. The first-order chi connectivity index (χ1) is 13.9. The molecule has 2 aliphatic heterocycles. The molecule has 0 saturated carbocycles. The fourth-order valence-corrected chi connectivity index (χ4v) is 3.64. The van der Waals surface area contributed by atoms with E-state index in [1.165, 1.54) is 7.11 Å². The molecule has 8 atom stereocenters. The fourth-order valence-electron chi connectivity index (χ4n) is 3.64. The highest BCUT2D eigenvalue weighted by Crippen LogP contribution is 2.30. The molecule has 0 aromatic rings. The Morgan fingerprint density at radius 1 is 1.17 bits per heavy atom. The van der Waals surface area contributed by atoms with Crippen LogP contribution in [-0.2, 0) is 23.8 Å². The van der Waals surface area contributed by atoms with Crippen molar-refractivity contribution in [3.8, 4) is 0 Å². The summed E-state index contributed by atoms with van der Waals surface area (Å²) in [6.45, 7) is 3.55. The maximum atomic E-state index is 10.6. The van der Waals surface area contributed by atoms with Crippen LogP contribution in [0.5, 0.6) is 0 Å². The smallest absolute Gasteiger partial charge is 0.341 e. The Labute approximate surface area is 170 Å². The van der Waals surface area contributed by atoms with Gasteiger partial charge in [0.25, 0.3) is 0 Å². The lowest BCUT2D eigenvalue weighted by atomic mass is 9.89. The molecule has 0 aliphatic carbocycles. The molecule has 11 heteroatoms. The molecule has 0 radical (unpaired) electrons. The summed E-state index contributed by atoms with van der Waals surface area (Å²) < 4.78 is 22.2. The standard InChI is InChI=1S/C18H34N2O9/c1-4-27-20-14-15(23)9(2)11(7-21)28-18(14)26-6-5-10-12(8-22)29-17(25-3)13(19)16(10)24/h9-12,14-16,18,20-24H,4-8,19H2,1-3H3/p+1/t9-,10-,11?,12?,14?,15+,16+,18-/m1/s1. The van der Waals surface area contributed by atoms with Crippen molar-refractivity contribution < 1.29 is 49.9 Å². The largest absolute Gasteiger partial charge is 0.465 e. The van der Waals surface area contributed by atoms with Gasteiger partial charge in [0.2, 0.25) is 5.70 Å². The molecule has 2 rings (SSSR count). The van der Waals surface area contributed by atoms with E-state index >= 15 is 0 Å². The number of methoxy groups -OCH3 is 1. The number of hydrogen-bond donors (Lipinski definition) is 6. The van der Waals surface area contributed by atoms with Crippen LogP contribution < -0.4 is 11.2 Å². The SMILES string of the molecule is CCONC1[C@H](OCC[C@@H]2C(CO)OC(OC)=C([NH3+])[C@H]2O)OC(CO)[C@@H](C)[C@@H]1O. The van der Waals surface area contributed by atoms with Crippen molar-refractivity contribution in [2.45, 2.75) is 57.0 Å². The minimum Gasteiger partial charge on any atom is -0.465 e. The predicted octanol–water partition coefficient (Wildman–Crippen LogP) is -2.56. The average molecular weight is 423 g/mol. The van der Waals surface area contributed by atoms with Crippen molar-refractivity contribution in [1.29, 1.82) is 0 Å². The van der Waals surface area contributed by atoms with Crippen molar-refractivity contribution in [2.24, 2.45) is 11.8 Å². The average Bonchev–Trinajstić information content (AvgIpc) is 2.73. The highest BCUT2D eigenvalue weighted by molar-refractivity contribution is 5.06. The number of aliphatic hydroxyl groups excluding tert-OH is 4. The van der Waals surface area contributed by atoms with Crippen molar-refractivity contribution in [1.82, 2.24) is 5.48 Å². The minimum atomic E-state index is -0.958. The van der Waals surface area contributed by atoms with Gasteiger partial charge in [0.1, 0.15) is 18.2 Å². The van der Waals surface area contributed by atoms with Crippen LogP contribution in [0.25, 0.3) is 0 Å². The molecule has 0 bridgehead atoms. The first-order valence-corrected chi connectivity index (χ1v) is 9.88. The van der Waals surface area contributed by atoms with Gasteiger partial charge in [-0.2, -0.15) is 5.48 Å². The van der Waals surface area contributed by atoms with Crippen molar-refractivity contribution in [3.63, 3.8) is 0 Å². The Morgan fingerprint density at radius 2 is 1.86 bits per heavy atom. The Hall–Kier alpha value is -1.02. The third-order valence-electron chi connectivity index (χ3n) is 5.50. The summed E-state index contributed by atoms with van der Waals surface area (Å²) in [5, 5.41) is 40.2. The van der Waals surface area contributed by atoms with E-state index in [4.69, 9.17) is 23.8 Å². The first kappa shape index (κ1) is 24.3. The highest BCUT2D eigenvalue weighted by Gasteiger charge is 2.45. The predicted molar refractivity (Wildman–Crippen MR) is 98.4 cm³/mol. The molecular weight excluding hydrogens is 388 g/mol. The third-order valence-corrected chi connectivity index (χ3v) is 5.50. The molecule has 11 nitrogen and oxygen atoms in total. The van der Waals surface area contributed by atoms with Gasteiger partial charge in [0.05, 0.1) is 45.7 Å². The lowest BCUT2D eigenvalue weighted by Crippen LogP contribution is -2.61. The van der Waals surface area contributed by atoms with E-state index in [1.54, 1.807) is 13.8 Å². The van der Waals surface area contributed by atoms with Gasteiger partial charge in [0, 0.05) is 11.8 Å². The molecule has 1 fully saturated rings. The molecule has 1 saturated heterocycles. The maximum Gasteiger partial charge on any atom is 0.341 e. The lowest BCUT2D eigenvalue weighted by Gasteiger charge is -2.43. The van der Waals surface area contributed by atoms with E-state index < -0.39 is 42.7 Å². The molecule has 29 heavy (non-hydrogen) atoms. The molecule has 0 aromatic heterocycles. The fraction of sp³-hybridized carbons (Fsp3) is 0.889. The number of rotatable bonds is 10. The van der Waals surface area contributed by atoms with Gasteiger partial charge in [-0.25, -0.2) is 0 Å². The van der Waals surface area contributed by atoms with Crippen LogP contribution in [0.15, 0.2) is 11.6 Å². The van der Waals surface area contributed by atoms with Crippen molar-refractivity contribution in [2.75, 3.05) is 33.5 Å². The van der Waals surface area contributed by atoms with E-state index in [1.807, 2.05) is 0 Å². The Balaban J connectivity index is 2.01. The van der Waals surface area contributed by atoms with Gasteiger partial charge in [-0.05, 0) is 13.3 Å². The Morgan fingerprint density at radius 3 is 2.45 bits per heavy atom. The summed E-state index contributed by atoms with van der Waals surface area (Å²) in [6.07, 6.45) is -3.61. The number of hydrogen-bond acceptors (Lipinski definition) is 10. The number of hydroxylamine groups is 1. The third kappa shape index (κ3) is 5.57. The zero-order valence-corrected chi connectivity index (χ0v) is 17.2. The number of quaternary nitrogens is 1. The molecule has 0 spiro atoms. The highest BCUT2D eigenvalue weighted by atomic mass is 16.7. The molecule has 2 aliphatic rings. The van der Waals surface area contributed by atoms with Gasteiger partial charge in [0.15, 0.2) is 6.29 Å². The molecular formula is C18H35N2O9+. The first-order valence-electron chi connectivity index (χ1n) is 9.88. The quantitative estimate of drug-likeness (QED) is 0.206. The van der Waals surface area contributed by atoms with E-state index in [-0.39, 0.29) is 31.7 Å².